The Kier molecular flexibility index (Phi) is 4.47. The van der Waals surface area contributed by atoms with Crippen LogP contribution in [0, 0.1) is 12.7 Å². The fourth-order valence-electron chi connectivity index (χ4n) is 1.86. The lowest BCUT2D eigenvalue weighted by molar-refractivity contribution is 0.338. The number of nitrogens with one attached hydrogen (secondary N) is 1. The van der Waals surface area contributed by atoms with Gasteiger partial charge in [0.2, 0.25) is 0 Å². The quantitative estimate of drug-likeness (QED) is 0.921. The average Bonchev–Trinajstić information content (AvgIpc) is 2.42. The first kappa shape index (κ1) is 15.3. The lowest BCUT2D eigenvalue weighted by Gasteiger charge is -2.11. The molecule has 6 heteroatoms. The van der Waals surface area contributed by atoms with Gasteiger partial charge in [-0.05, 0) is 61.9 Å². The molecule has 0 amide bonds. The van der Waals surface area contributed by atoms with Crippen molar-refractivity contribution in [1.82, 2.24) is 0 Å². The molecule has 0 radical (unpaired) electrons. The van der Waals surface area contributed by atoms with Crippen LogP contribution in [0.3, 0.4) is 0 Å². The van der Waals surface area contributed by atoms with Crippen molar-refractivity contribution in [2.24, 2.45) is 0 Å². The van der Waals surface area contributed by atoms with Gasteiger partial charge in [-0.3, -0.25) is 4.72 Å². The van der Waals surface area contributed by atoms with Crippen molar-refractivity contribution in [1.29, 1.82) is 0 Å². The molecule has 0 saturated heterocycles. The molecule has 0 unspecified atom stereocenters. The van der Waals surface area contributed by atoms with E-state index in [0.29, 0.717) is 18.0 Å². The second kappa shape index (κ2) is 6.13. The van der Waals surface area contributed by atoms with Crippen LogP contribution < -0.4 is 9.46 Å². The zero-order valence-electron chi connectivity index (χ0n) is 11.8. The third kappa shape index (κ3) is 3.72. The summed E-state index contributed by atoms with van der Waals surface area (Å²) in [6.45, 7) is 4.26. The van der Waals surface area contributed by atoms with Gasteiger partial charge in [0.25, 0.3) is 10.0 Å². The summed E-state index contributed by atoms with van der Waals surface area (Å²) < 4.78 is 45.0. The van der Waals surface area contributed by atoms with E-state index in [-0.39, 0.29) is 4.90 Å². The van der Waals surface area contributed by atoms with Crippen LogP contribution in [0.4, 0.5) is 10.1 Å². The third-order valence-electron chi connectivity index (χ3n) is 2.85. The molecule has 2 aromatic rings. The van der Waals surface area contributed by atoms with E-state index < -0.39 is 15.8 Å². The van der Waals surface area contributed by atoms with Crippen molar-refractivity contribution in [3.63, 3.8) is 0 Å². The predicted octanol–water partition coefficient (Wildman–Crippen LogP) is 3.33. The molecule has 112 valence electrons. The predicted molar refractivity (Wildman–Crippen MR) is 79.6 cm³/mol. The Hall–Kier alpha value is -2.08. The molecule has 2 aromatic carbocycles. The fraction of sp³-hybridized carbons (Fsp3) is 0.200. The number of sulfonamides is 1. The van der Waals surface area contributed by atoms with Gasteiger partial charge in [-0.25, -0.2) is 12.8 Å². The Balaban J connectivity index is 2.24. The van der Waals surface area contributed by atoms with Gasteiger partial charge < -0.3 is 4.74 Å². The van der Waals surface area contributed by atoms with Crippen LogP contribution in [0.5, 0.6) is 5.75 Å². The summed E-state index contributed by atoms with van der Waals surface area (Å²) in [5.74, 6) is 0.230. The van der Waals surface area contributed by atoms with E-state index in [1.165, 1.54) is 12.1 Å². The van der Waals surface area contributed by atoms with E-state index in [1.807, 2.05) is 13.8 Å². The van der Waals surface area contributed by atoms with Crippen LogP contribution in [0.1, 0.15) is 12.5 Å². The van der Waals surface area contributed by atoms with Crippen molar-refractivity contribution in [3.8, 4) is 5.75 Å². The Labute approximate surface area is 123 Å². The Morgan fingerprint density at radius 3 is 2.38 bits per heavy atom. The van der Waals surface area contributed by atoms with Gasteiger partial charge in [0, 0.05) is 5.69 Å². The van der Waals surface area contributed by atoms with Crippen LogP contribution in [-0.2, 0) is 10.0 Å². The molecule has 0 spiro atoms. The number of rotatable bonds is 5. The standard InChI is InChI=1S/C15H16FNO3S/c1-3-20-15-9-6-13(10-11(15)2)17-21(18,19)14-7-4-12(16)5-8-14/h4-10,17H,3H2,1-2H3. The van der Waals surface area contributed by atoms with E-state index in [2.05, 4.69) is 4.72 Å². The first-order chi connectivity index (χ1) is 9.92. The molecule has 4 nitrogen and oxygen atoms in total. The summed E-state index contributed by atoms with van der Waals surface area (Å²) in [6, 6.07) is 9.68. The maximum atomic E-state index is 12.8. The fourth-order valence-corrected chi connectivity index (χ4v) is 2.91. The van der Waals surface area contributed by atoms with Crippen molar-refractivity contribution in [3.05, 3.63) is 53.8 Å². The summed E-state index contributed by atoms with van der Waals surface area (Å²) in [5, 5.41) is 0. The normalized spacial score (nSPS) is 11.2. The zero-order valence-corrected chi connectivity index (χ0v) is 12.6. The number of anilines is 1. The van der Waals surface area contributed by atoms with Crippen molar-refractivity contribution < 1.29 is 17.5 Å². The summed E-state index contributed by atoms with van der Waals surface area (Å²) in [4.78, 5) is 0.00966. The maximum absolute atomic E-state index is 12.8. The number of halogens is 1. The number of aryl methyl sites for hydroxylation is 1. The van der Waals surface area contributed by atoms with E-state index in [0.717, 1.165) is 17.7 Å². The smallest absolute Gasteiger partial charge is 0.261 e. The minimum Gasteiger partial charge on any atom is -0.494 e. The second-order valence-corrected chi connectivity index (χ2v) is 6.16. The van der Waals surface area contributed by atoms with Crippen LogP contribution in [0.25, 0.3) is 0 Å². The highest BCUT2D eigenvalue weighted by Gasteiger charge is 2.14. The van der Waals surface area contributed by atoms with Crippen LogP contribution in [-0.4, -0.2) is 15.0 Å². The van der Waals surface area contributed by atoms with Gasteiger partial charge in [0.15, 0.2) is 0 Å². The minimum atomic E-state index is -3.73. The highest BCUT2D eigenvalue weighted by atomic mass is 32.2. The van der Waals surface area contributed by atoms with Crippen LogP contribution >= 0.6 is 0 Å². The van der Waals surface area contributed by atoms with Gasteiger partial charge in [0.05, 0.1) is 11.5 Å². The number of hydrogen-bond donors (Lipinski definition) is 1. The molecule has 0 aliphatic rings. The van der Waals surface area contributed by atoms with Gasteiger partial charge in [-0.2, -0.15) is 0 Å². The first-order valence-corrected chi connectivity index (χ1v) is 7.92. The first-order valence-electron chi connectivity index (χ1n) is 6.44. The topological polar surface area (TPSA) is 55.4 Å². The lowest BCUT2D eigenvalue weighted by Crippen LogP contribution is -2.13. The molecule has 0 saturated carbocycles. The molecule has 2 rings (SSSR count). The van der Waals surface area contributed by atoms with Crippen molar-refractivity contribution in [2.45, 2.75) is 18.7 Å². The van der Waals surface area contributed by atoms with Gasteiger partial charge in [-0.15, -0.1) is 0 Å². The highest BCUT2D eigenvalue weighted by molar-refractivity contribution is 7.92. The van der Waals surface area contributed by atoms with Gasteiger partial charge in [0.1, 0.15) is 11.6 Å². The summed E-state index contributed by atoms with van der Waals surface area (Å²) in [7, 11) is -3.73. The van der Waals surface area contributed by atoms with Crippen molar-refractivity contribution in [2.75, 3.05) is 11.3 Å². The second-order valence-electron chi connectivity index (χ2n) is 4.47. The molecular weight excluding hydrogens is 293 g/mol. The third-order valence-corrected chi connectivity index (χ3v) is 4.25. The molecule has 0 atom stereocenters. The highest BCUT2D eigenvalue weighted by Crippen LogP contribution is 2.24. The van der Waals surface area contributed by atoms with E-state index in [1.54, 1.807) is 18.2 Å². The lowest BCUT2D eigenvalue weighted by atomic mass is 10.2. The molecule has 0 aromatic heterocycles. The average molecular weight is 309 g/mol. The number of ether oxygens (including phenoxy) is 1. The summed E-state index contributed by atoms with van der Waals surface area (Å²) in [5.41, 5.74) is 1.26. The molecule has 0 heterocycles. The molecule has 0 fully saturated rings. The van der Waals surface area contributed by atoms with E-state index >= 15 is 0 Å². The molecule has 0 aliphatic carbocycles. The van der Waals surface area contributed by atoms with Crippen LogP contribution in [0.2, 0.25) is 0 Å². The molecule has 0 bridgehead atoms. The molecule has 1 N–H and O–H groups in total. The summed E-state index contributed by atoms with van der Waals surface area (Å²) >= 11 is 0. The monoisotopic (exact) mass is 309 g/mol. The molecular formula is C15H16FNO3S. The Morgan fingerprint density at radius 2 is 1.81 bits per heavy atom. The van der Waals surface area contributed by atoms with E-state index in [4.69, 9.17) is 4.74 Å². The summed E-state index contributed by atoms with van der Waals surface area (Å²) in [6.07, 6.45) is 0. The SMILES string of the molecule is CCOc1ccc(NS(=O)(=O)c2ccc(F)cc2)cc1C. The minimum absolute atomic E-state index is 0.00966. The van der Waals surface area contributed by atoms with Gasteiger partial charge in [-0.1, -0.05) is 0 Å². The van der Waals surface area contributed by atoms with E-state index in [9.17, 15) is 12.8 Å². The molecule has 0 aliphatic heterocycles. The Morgan fingerprint density at radius 1 is 1.14 bits per heavy atom. The van der Waals surface area contributed by atoms with Crippen molar-refractivity contribution >= 4 is 15.7 Å². The number of benzene rings is 2. The number of hydrogen-bond acceptors (Lipinski definition) is 3. The van der Waals surface area contributed by atoms with Crippen LogP contribution in [0.15, 0.2) is 47.4 Å². The zero-order chi connectivity index (χ0) is 15.5. The van der Waals surface area contributed by atoms with Gasteiger partial charge >= 0.3 is 0 Å². The molecule has 21 heavy (non-hydrogen) atoms. The largest absolute Gasteiger partial charge is 0.494 e. The Bertz CT molecular complexity index is 727. The maximum Gasteiger partial charge on any atom is 0.261 e.